The van der Waals surface area contributed by atoms with Gasteiger partial charge in [0.2, 0.25) is 5.96 Å². The van der Waals surface area contributed by atoms with Crippen LogP contribution in [0.2, 0.25) is 0 Å². The second kappa shape index (κ2) is 14.1. The van der Waals surface area contributed by atoms with Gasteiger partial charge in [-0.15, -0.1) is 11.8 Å². The van der Waals surface area contributed by atoms with Crippen LogP contribution in [0, 0.1) is 0 Å². The minimum atomic E-state index is 0.373. The van der Waals surface area contributed by atoms with Crippen LogP contribution in [0.3, 0.4) is 0 Å². The van der Waals surface area contributed by atoms with Gasteiger partial charge in [-0.2, -0.15) is 0 Å². The smallest absolute Gasteiger partial charge is 0.222 e. The normalized spacial score (nSPS) is 13.9. The lowest BCUT2D eigenvalue weighted by Gasteiger charge is -2.26. The van der Waals surface area contributed by atoms with Crippen molar-refractivity contribution in [2.75, 3.05) is 25.9 Å². The van der Waals surface area contributed by atoms with Crippen LogP contribution in [0.4, 0.5) is 0 Å². The monoisotopic (exact) mass is 336 g/mol. The van der Waals surface area contributed by atoms with Crippen LogP contribution in [0.25, 0.3) is 0 Å². The van der Waals surface area contributed by atoms with E-state index in [1.165, 1.54) is 4.91 Å². The van der Waals surface area contributed by atoms with Crippen molar-refractivity contribution in [3.63, 3.8) is 0 Å². The molecule has 4 nitrogen and oxygen atoms in total. The molecule has 1 N–H and O–H groups in total. The summed E-state index contributed by atoms with van der Waals surface area (Å²) in [5.41, 5.74) is 0. The fourth-order valence-electron chi connectivity index (χ4n) is 1.84. The zero-order chi connectivity index (χ0) is 17.5. The van der Waals surface area contributed by atoms with E-state index in [0.717, 1.165) is 19.0 Å². The van der Waals surface area contributed by atoms with Crippen LogP contribution >= 0.6 is 11.8 Å². The van der Waals surface area contributed by atoms with Crippen LogP contribution in [0.15, 0.2) is 45.3 Å². The maximum Gasteiger partial charge on any atom is 0.222 e. The Morgan fingerprint density at radius 2 is 2.00 bits per heavy atom. The summed E-state index contributed by atoms with van der Waals surface area (Å²) >= 11 is 1.74. The van der Waals surface area contributed by atoms with Crippen LogP contribution < -0.4 is 5.32 Å². The highest BCUT2D eigenvalue weighted by atomic mass is 32.2. The molecule has 0 fully saturated rings. The number of hydrogen-bond acceptors (Lipinski definition) is 2. The molecule has 0 radical (unpaired) electrons. The molecule has 0 aromatic heterocycles. The maximum atomic E-state index is 4.58. The van der Waals surface area contributed by atoms with Crippen molar-refractivity contribution in [1.29, 1.82) is 0 Å². The number of thioether (sulfide) groups is 1. The van der Waals surface area contributed by atoms with Gasteiger partial charge in [0.25, 0.3) is 0 Å². The average molecular weight is 337 g/mol. The summed E-state index contributed by atoms with van der Waals surface area (Å²) in [6, 6.07) is 0.373. The first kappa shape index (κ1) is 21.5. The fraction of sp³-hybridized carbons (Fsp3) is 0.556. The van der Waals surface area contributed by atoms with Crippen LogP contribution in [0.5, 0.6) is 0 Å². The van der Waals surface area contributed by atoms with E-state index in [1.54, 1.807) is 18.1 Å². The quantitative estimate of drug-likeness (QED) is 0.298. The van der Waals surface area contributed by atoms with E-state index in [2.05, 4.69) is 53.3 Å². The zero-order valence-electron chi connectivity index (χ0n) is 15.4. The van der Waals surface area contributed by atoms with E-state index < -0.39 is 0 Å². The Balaban J connectivity index is 4.84. The molecule has 0 aromatic carbocycles. The van der Waals surface area contributed by atoms with E-state index in [1.807, 2.05) is 38.2 Å². The summed E-state index contributed by atoms with van der Waals surface area (Å²) in [7, 11) is 0. The summed E-state index contributed by atoms with van der Waals surface area (Å²) < 4.78 is 0. The second-order valence-corrected chi connectivity index (χ2v) is 6.02. The topological polar surface area (TPSA) is 40.0 Å². The van der Waals surface area contributed by atoms with Crippen molar-refractivity contribution >= 4 is 24.1 Å². The number of allylic oxidation sites excluding steroid dienone is 4. The number of aliphatic imine (C=N–C) groups is 2. The standard InChI is InChI=1S/C18H32N4S/c1-7-10-12-17(23-6)14-19-15-21-18(20-13-11-8-2)22(9-3)16(4)5/h7-8,10-12,15-16H,9,13-14H2,1-6H3,(H,19,20,21)/b10-7+,11-8-,17-12-. The van der Waals surface area contributed by atoms with Crippen molar-refractivity contribution in [2.24, 2.45) is 9.98 Å². The first-order chi connectivity index (χ1) is 11.1. The lowest BCUT2D eigenvalue weighted by atomic mass is 10.3. The van der Waals surface area contributed by atoms with Gasteiger partial charge in [-0.3, -0.25) is 0 Å². The van der Waals surface area contributed by atoms with Gasteiger partial charge in [-0.1, -0.05) is 30.4 Å². The van der Waals surface area contributed by atoms with Gasteiger partial charge in [-0.25, -0.2) is 9.98 Å². The van der Waals surface area contributed by atoms with E-state index in [4.69, 9.17) is 0 Å². The predicted molar refractivity (Wildman–Crippen MR) is 108 cm³/mol. The van der Waals surface area contributed by atoms with Gasteiger partial charge in [0.15, 0.2) is 0 Å². The highest BCUT2D eigenvalue weighted by molar-refractivity contribution is 8.02. The number of hydrogen-bond donors (Lipinski definition) is 1. The Bertz CT molecular complexity index is 448. The van der Waals surface area contributed by atoms with E-state index in [0.29, 0.717) is 12.6 Å². The molecule has 5 heteroatoms. The Morgan fingerprint density at radius 3 is 2.52 bits per heavy atom. The van der Waals surface area contributed by atoms with Crippen molar-refractivity contribution < 1.29 is 0 Å². The summed E-state index contributed by atoms with van der Waals surface area (Å²) in [6.45, 7) is 12.8. The fourth-order valence-corrected chi connectivity index (χ4v) is 2.28. The highest BCUT2D eigenvalue weighted by Gasteiger charge is 2.11. The molecule has 23 heavy (non-hydrogen) atoms. The average Bonchev–Trinajstić information content (AvgIpc) is 2.54. The molecule has 130 valence electrons. The van der Waals surface area contributed by atoms with Crippen LogP contribution in [-0.4, -0.2) is 49.1 Å². The van der Waals surface area contributed by atoms with Crippen molar-refractivity contribution in [1.82, 2.24) is 10.2 Å². The molecule has 0 amide bonds. The molecule has 0 saturated heterocycles. The molecule has 0 aliphatic rings. The molecule has 0 aliphatic heterocycles. The van der Waals surface area contributed by atoms with Gasteiger partial charge in [0, 0.05) is 24.0 Å². The minimum absolute atomic E-state index is 0.373. The summed E-state index contributed by atoms with van der Waals surface area (Å²) in [5, 5.41) is 3.24. The summed E-state index contributed by atoms with van der Waals surface area (Å²) in [5.74, 6) is 0.774. The lowest BCUT2D eigenvalue weighted by molar-refractivity contribution is 0.362. The first-order valence-electron chi connectivity index (χ1n) is 8.14. The van der Waals surface area contributed by atoms with Crippen molar-refractivity contribution in [3.8, 4) is 0 Å². The molecule has 0 atom stereocenters. The molecule has 0 saturated carbocycles. The Hall–Kier alpha value is -1.49. The Labute approximate surface area is 146 Å². The maximum absolute atomic E-state index is 4.58. The third-order valence-corrected chi connectivity index (χ3v) is 3.88. The lowest BCUT2D eigenvalue weighted by Crippen LogP contribution is -2.36. The molecule has 0 spiro atoms. The predicted octanol–water partition coefficient (Wildman–Crippen LogP) is 4.09. The minimum Gasteiger partial charge on any atom is -0.371 e. The first-order valence-corrected chi connectivity index (χ1v) is 9.37. The number of nitrogens with zero attached hydrogens (tertiary/aromatic N) is 3. The number of guanidine groups is 1. The van der Waals surface area contributed by atoms with Crippen LogP contribution in [0.1, 0.15) is 34.6 Å². The summed E-state index contributed by atoms with van der Waals surface area (Å²) in [4.78, 5) is 12.6. The molecule has 0 heterocycles. The van der Waals surface area contributed by atoms with Gasteiger partial charge in [0.05, 0.1) is 12.9 Å². The van der Waals surface area contributed by atoms with Gasteiger partial charge >= 0.3 is 0 Å². The molecule has 0 unspecified atom stereocenters. The van der Waals surface area contributed by atoms with E-state index in [9.17, 15) is 0 Å². The van der Waals surface area contributed by atoms with Gasteiger partial charge < -0.3 is 10.2 Å². The van der Waals surface area contributed by atoms with Crippen molar-refractivity contribution in [2.45, 2.75) is 40.7 Å². The summed E-state index contributed by atoms with van der Waals surface area (Å²) in [6.07, 6.45) is 14.0. The second-order valence-electron chi connectivity index (χ2n) is 5.09. The van der Waals surface area contributed by atoms with Crippen molar-refractivity contribution in [3.05, 3.63) is 35.3 Å². The number of rotatable bonds is 9. The molecule has 0 rings (SSSR count). The Morgan fingerprint density at radius 1 is 1.26 bits per heavy atom. The number of nitrogens with one attached hydrogen (secondary N) is 1. The molecular weight excluding hydrogens is 304 g/mol. The van der Waals surface area contributed by atoms with Gasteiger partial charge in [0.1, 0.15) is 0 Å². The molecule has 0 aliphatic carbocycles. The van der Waals surface area contributed by atoms with Gasteiger partial charge in [-0.05, 0) is 40.9 Å². The molecular formula is C18H32N4S. The molecule has 0 bridgehead atoms. The SMILES string of the molecule is C/C=C\C/N=C(\N=C\NC/C(=C/C=C/C)SC)N(CC)C(C)C. The highest BCUT2D eigenvalue weighted by Crippen LogP contribution is 2.09. The Kier molecular flexibility index (Phi) is 13.2. The van der Waals surface area contributed by atoms with E-state index in [-0.39, 0.29) is 0 Å². The third-order valence-electron chi connectivity index (χ3n) is 3.08. The van der Waals surface area contributed by atoms with E-state index >= 15 is 0 Å². The van der Waals surface area contributed by atoms with Crippen LogP contribution in [-0.2, 0) is 0 Å². The largest absolute Gasteiger partial charge is 0.371 e. The zero-order valence-corrected chi connectivity index (χ0v) is 16.2. The molecule has 0 aromatic rings. The third kappa shape index (κ3) is 10.00.